The van der Waals surface area contributed by atoms with Crippen LogP contribution in [0.25, 0.3) is 0 Å². The van der Waals surface area contributed by atoms with Gasteiger partial charge >= 0.3 is 0 Å². The summed E-state index contributed by atoms with van der Waals surface area (Å²) < 4.78 is 46.3. The van der Waals surface area contributed by atoms with Gasteiger partial charge < -0.3 is 14.1 Å². The van der Waals surface area contributed by atoms with Crippen molar-refractivity contribution in [2.45, 2.75) is 6.54 Å². The number of anilines is 1. The lowest BCUT2D eigenvalue weighted by Gasteiger charge is -2.30. The number of nitrogens with zero attached hydrogens (tertiary/aromatic N) is 3. The molecule has 5 aromatic rings. The molecule has 1 aromatic heterocycles. The first-order valence-electron chi connectivity index (χ1n) is 14.6. The van der Waals surface area contributed by atoms with Crippen LogP contribution in [0.15, 0.2) is 120 Å². The zero-order valence-electron chi connectivity index (χ0n) is 24.9. The van der Waals surface area contributed by atoms with Gasteiger partial charge in [-0.25, -0.2) is 18.6 Å². The Labute approximate surface area is 273 Å². The minimum absolute atomic E-state index is 0.0535. The van der Waals surface area contributed by atoms with Gasteiger partial charge in [-0.3, -0.25) is 14.5 Å². The molecule has 2 aliphatic rings. The van der Waals surface area contributed by atoms with Crippen molar-refractivity contribution in [3.8, 4) is 0 Å². The normalized spacial score (nSPS) is 14.9. The largest absolute Gasteiger partial charge is 0.419 e. The van der Waals surface area contributed by atoms with Gasteiger partial charge in [-0.1, -0.05) is 66.7 Å². The molecule has 11 nitrogen and oxygen atoms in total. The predicted octanol–water partition coefficient (Wildman–Crippen LogP) is -0.829. The first-order chi connectivity index (χ1) is 22.7. The summed E-state index contributed by atoms with van der Waals surface area (Å²) in [4.78, 5) is 35.2. The molecule has 0 unspecified atom stereocenters. The smallest absolute Gasteiger partial charge is 0.262 e. The number of benzene rings is 4. The van der Waals surface area contributed by atoms with Crippen molar-refractivity contribution in [3.05, 3.63) is 132 Å². The highest BCUT2D eigenvalue weighted by Gasteiger charge is 2.54. The summed E-state index contributed by atoms with van der Waals surface area (Å²) in [5.74, 6) is 0.319. The molecule has 0 radical (unpaired) electrons. The fourth-order valence-corrected chi connectivity index (χ4v) is 10.1. The molecule has 0 N–H and O–H groups in total. The molecule has 0 atom stereocenters. The molecule has 4 aromatic carbocycles. The van der Waals surface area contributed by atoms with Crippen LogP contribution in [-0.2, 0) is 11.3 Å². The molecule has 0 aliphatic carbocycles. The molecule has 2 aliphatic heterocycles. The second kappa shape index (κ2) is 13.7. The van der Waals surface area contributed by atoms with Crippen LogP contribution in [0.2, 0.25) is 0 Å². The van der Waals surface area contributed by atoms with E-state index in [0.29, 0.717) is 49.2 Å². The summed E-state index contributed by atoms with van der Waals surface area (Å²) in [5.41, 5.74) is 1.63. The average molecular weight is 674 g/mol. The van der Waals surface area contributed by atoms with Crippen molar-refractivity contribution >= 4 is 46.3 Å². The summed E-state index contributed by atoms with van der Waals surface area (Å²) in [6.07, 6.45) is 0. The summed E-state index contributed by atoms with van der Waals surface area (Å²) in [6, 6.07) is 38.3. The molecule has 0 spiro atoms. The molecule has 1 fully saturated rings. The molecule has 3 heterocycles. The molecule has 1 saturated heterocycles. The number of ether oxygens (including phenoxy) is 1. The number of aromatic nitrogens is 1. The Kier molecular flexibility index (Phi) is 9.49. The number of halogens is 1. The SMILES string of the molecule is O=C1c2ccccc2C(=O)N1Cc1nc([P+](c2ccccc2)(c2ccccc2)c2ccccc2)c(N2CCOCC2)o1.[O-][Cl+3]([O-])([O-])[O-]. The van der Waals surface area contributed by atoms with Gasteiger partial charge in [0.1, 0.15) is 22.5 Å². The third kappa shape index (κ3) is 6.69. The molecule has 0 saturated carbocycles. The molecule has 13 heteroatoms. The molecular weight excluding hydrogens is 645 g/mol. The highest BCUT2D eigenvalue weighted by Crippen LogP contribution is 2.56. The Balaban J connectivity index is 0.000000720. The predicted molar refractivity (Wildman–Crippen MR) is 165 cm³/mol. The maximum Gasteiger partial charge on any atom is 0.262 e. The summed E-state index contributed by atoms with van der Waals surface area (Å²) in [6.45, 7) is 2.38. The minimum atomic E-state index is -4.94. The van der Waals surface area contributed by atoms with E-state index in [4.69, 9.17) is 32.8 Å². The topological polar surface area (TPSA) is 168 Å². The standard InChI is InChI=1S/C34H29N3O4P.ClHO4/c38-32-28-18-10-11-19-29(28)33(39)37(32)24-30-35-31(34(41-30)36-20-22-40-23-21-36)42(25-12-4-1-5-13-25,26-14-6-2-7-15-26)27-16-8-3-9-17-27;2-1(3,4)5/h1-19H,20-24H2;(H,2,3,4,5)/q+1;/p-1. The fourth-order valence-electron chi connectivity index (χ4n) is 5.89. The lowest BCUT2D eigenvalue weighted by atomic mass is 10.1. The fraction of sp³-hybridized carbons (Fsp3) is 0.147. The van der Waals surface area contributed by atoms with E-state index >= 15 is 0 Å². The number of imide groups is 1. The van der Waals surface area contributed by atoms with Crippen LogP contribution >= 0.6 is 7.26 Å². The van der Waals surface area contributed by atoms with E-state index in [2.05, 4.69) is 77.7 Å². The number of rotatable bonds is 7. The lowest BCUT2D eigenvalue weighted by molar-refractivity contribution is -2.00. The number of morpholine rings is 1. The molecular formula is C34H29ClN3O8P. The van der Waals surface area contributed by atoms with E-state index in [1.807, 2.05) is 18.2 Å². The van der Waals surface area contributed by atoms with Gasteiger partial charge in [-0.2, -0.15) is 4.98 Å². The zero-order chi connectivity index (χ0) is 33.0. The molecule has 2 amide bonds. The highest BCUT2D eigenvalue weighted by molar-refractivity contribution is 8.01. The van der Waals surface area contributed by atoms with Gasteiger partial charge in [0.05, 0.1) is 24.3 Å². The van der Waals surface area contributed by atoms with Gasteiger partial charge in [0.2, 0.25) is 5.89 Å². The average Bonchev–Trinajstić information content (AvgIpc) is 3.62. The number of hydrogen-bond donors (Lipinski definition) is 0. The van der Waals surface area contributed by atoms with E-state index in [1.165, 1.54) is 4.90 Å². The lowest BCUT2D eigenvalue weighted by Crippen LogP contribution is -2.68. The van der Waals surface area contributed by atoms with Gasteiger partial charge in [0.15, 0.2) is 7.26 Å². The van der Waals surface area contributed by atoms with E-state index in [1.54, 1.807) is 24.3 Å². The molecule has 7 rings (SSSR count). The Hall–Kier alpha value is -4.45. The number of hydrogen-bond acceptors (Lipinski definition) is 10. The highest BCUT2D eigenvalue weighted by atomic mass is 35.7. The van der Waals surface area contributed by atoms with E-state index < -0.39 is 17.5 Å². The van der Waals surface area contributed by atoms with Crippen molar-refractivity contribution in [1.29, 1.82) is 0 Å². The van der Waals surface area contributed by atoms with Crippen molar-refractivity contribution in [1.82, 2.24) is 9.88 Å². The van der Waals surface area contributed by atoms with Crippen LogP contribution in [-0.4, -0.2) is 48.0 Å². The van der Waals surface area contributed by atoms with Crippen LogP contribution in [0, 0.1) is 10.2 Å². The third-order valence-corrected chi connectivity index (χ3v) is 12.0. The zero-order valence-corrected chi connectivity index (χ0v) is 26.6. The number of fused-ring (bicyclic) bond motifs is 1. The van der Waals surface area contributed by atoms with Gasteiger partial charge in [0.25, 0.3) is 23.1 Å². The van der Waals surface area contributed by atoms with Gasteiger partial charge in [0, 0.05) is 13.1 Å². The summed E-state index contributed by atoms with van der Waals surface area (Å²) in [7, 11) is -7.54. The Morgan fingerprint density at radius 3 is 1.49 bits per heavy atom. The summed E-state index contributed by atoms with van der Waals surface area (Å²) >= 11 is 0. The molecule has 47 heavy (non-hydrogen) atoms. The van der Waals surface area contributed by atoms with Gasteiger partial charge in [-0.05, 0) is 48.5 Å². The van der Waals surface area contributed by atoms with Crippen LogP contribution in [0.5, 0.6) is 0 Å². The van der Waals surface area contributed by atoms with Crippen molar-refractivity contribution in [3.63, 3.8) is 0 Å². The Morgan fingerprint density at radius 1 is 0.660 bits per heavy atom. The monoisotopic (exact) mass is 673 g/mol. The van der Waals surface area contributed by atoms with Crippen LogP contribution in [0.1, 0.15) is 26.6 Å². The number of oxazole rings is 1. The van der Waals surface area contributed by atoms with E-state index in [-0.39, 0.29) is 18.4 Å². The number of amides is 2. The van der Waals surface area contributed by atoms with Gasteiger partial charge in [-0.15, -0.1) is 10.2 Å². The second-order valence-corrected chi connectivity index (χ2v) is 14.7. The van der Waals surface area contributed by atoms with Crippen molar-refractivity contribution < 1.29 is 47.6 Å². The Bertz CT molecular complexity index is 1710. The Morgan fingerprint density at radius 2 is 1.06 bits per heavy atom. The van der Waals surface area contributed by atoms with E-state index in [9.17, 15) is 9.59 Å². The maximum atomic E-state index is 13.3. The second-order valence-electron chi connectivity index (χ2n) is 10.6. The molecule has 240 valence electrons. The number of carbonyl (C=O) groups excluding carboxylic acids is 2. The van der Waals surface area contributed by atoms with Crippen LogP contribution < -0.4 is 44.9 Å². The third-order valence-electron chi connectivity index (χ3n) is 7.85. The first-order valence-corrected chi connectivity index (χ1v) is 17.7. The summed E-state index contributed by atoms with van der Waals surface area (Å²) in [5, 5.41) is 3.41. The number of carbonyl (C=O) groups is 2. The van der Waals surface area contributed by atoms with Crippen molar-refractivity contribution in [2.24, 2.45) is 0 Å². The van der Waals surface area contributed by atoms with Crippen LogP contribution in [0.3, 0.4) is 0 Å². The van der Waals surface area contributed by atoms with E-state index in [0.717, 1.165) is 21.3 Å². The van der Waals surface area contributed by atoms with Crippen LogP contribution in [0.4, 0.5) is 5.88 Å². The molecule has 0 bridgehead atoms. The first kappa shape index (κ1) is 32.5. The van der Waals surface area contributed by atoms with Crippen molar-refractivity contribution in [2.75, 3.05) is 31.2 Å². The minimum Gasteiger partial charge on any atom is -0.419 e. The quantitative estimate of drug-likeness (QED) is 0.157. The maximum absolute atomic E-state index is 13.3.